The van der Waals surface area contributed by atoms with E-state index in [0.29, 0.717) is 13.2 Å². The van der Waals surface area contributed by atoms with Gasteiger partial charge in [-0.2, -0.15) is 0 Å². The van der Waals surface area contributed by atoms with Crippen LogP contribution in [0.1, 0.15) is 37.5 Å². The Balaban J connectivity index is 2.06. The summed E-state index contributed by atoms with van der Waals surface area (Å²) in [4.78, 5) is 0. The topological polar surface area (TPSA) is 18.5 Å². The molecule has 2 rings (SSSR count). The van der Waals surface area contributed by atoms with Crippen molar-refractivity contribution < 1.29 is 9.47 Å². The van der Waals surface area contributed by atoms with Crippen molar-refractivity contribution in [3.63, 3.8) is 0 Å². The van der Waals surface area contributed by atoms with Crippen molar-refractivity contribution in [2.24, 2.45) is 0 Å². The first-order valence-corrected chi connectivity index (χ1v) is 7.92. The lowest BCUT2D eigenvalue weighted by molar-refractivity contribution is 0.110. The Hall–Kier alpha value is -1.80. The van der Waals surface area contributed by atoms with Crippen molar-refractivity contribution in [2.45, 2.75) is 33.1 Å². The van der Waals surface area contributed by atoms with Gasteiger partial charge in [-0.15, -0.1) is 0 Å². The van der Waals surface area contributed by atoms with E-state index in [9.17, 15) is 0 Å². The zero-order valence-electron chi connectivity index (χ0n) is 14.1. The van der Waals surface area contributed by atoms with Crippen LogP contribution in [0.15, 0.2) is 48.5 Å². The molecule has 0 aliphatic rings. The van der Waals surface area contributed by atoms with Crippen molar-refractivity contribution in [3.05, 3.63) is 65.2 Å². The maximum absolute atomic E-state index is 5.67. The number of aryl methyl sites for hydroxylation is 1. The van der Waals surface area contributed by atoms with Crippen LogP contribution in [0.4, 0.5) is 0 Å². The monoisotopic (exact) mass is 298 g/mol. The third-order valence-electron chi connectivity index (χ3n) is 4.05. The zero-order valence-corrected chi connectivity index (χ0v) is 14.1. The summed E-state index contributed by atoms with van der Waals surface area (Å²) in [5.74, 6) is 0.892. The summed E-state index contributed by atoms with van der Waals surface area (Å²) in [5.41, 5.74) is 3.88. The molecule has 0 N–H and O–H groups in total. The minimum atomic E-state index is -0.0163. The van der Waals surface area contributed by atoms with E-state index in [4.69, 9.17) is 9.47 Å². The number of rotatable bonds is 7. The van der Waals surface area contributed by atoms with Gasteiger partial charge in [0.15, 0.2) is 0 Å². The largest absolute Gasteiger partial charge is 0.491 e. The van der Waals surface area contributed by atoms with Gasteiger partial charge in [0.1, 0.15) is 12.4 Å². The summed E-state index contributed by atoms with van der Waals surface area (Å²) in [6, 6.07) is 17.1. The van der Waals surface area contributed by atoms with Gasteiger partial charge in [0.2, 0.25) is 0 Å². The summed E-state index contributed by atoms with van der Waals surface area (Å²) < 4.78 is 10.9. The van der Waals surface area contributed by atoms with Crippen LogP contribution in [0, 0.1) is 6.92 Å². The smallest absolute Gasteiger partial charge is 0.119 e. The molecule has 0 radical (unpaired) electrons. The van der Waals surface area contributed by atoms with Crippen molar-refractivity contribution in [3.8, 4) is 5.75 Å². The lowest BCUT2D eigenvalue weighted by Gasteiger charge is -2.26. The molecule has 0 amide bonds. The van der Waals surface area contributed by atoms with Crippen molar-refractivity contribution in [1.82, 2.24) is 0 Å². The molecule has 0 aliphatic heterocycles. The Kier molecular flexibility index (Phi) is 5.62. The van der Waals surface area contributed by atoms with E-state index >= 15 is 0 Å². The lowest BCUT2D eigenvalue weighted by Crippen LogP contribution is -2.18. The second-order valence-electron chi connectivity index (χ2n) is 6.06. The van der Waals surface area contributed by atoms with Crippen LogP contribution in [-0.4, -0.2) is 19.8 Å². The first-order valence-electron chi connectivity index (χ1n) is 7.92. The average molecular weight is 298 g/mol. The number of hydrogen-bond donors (Lipinski definition) is 0. The van der Waals surface area contributed by atoms with Crippen LogP contribution in [-0.2, 0) is 10.2 Å². The molecule has 0 saturated heterocycles. The number of benzene rings is 2. The van der Waals surface area contributed by atoms with Crippen LogP contribution < -0.4 is 4.74 Å². The molecule has 0 bridgehead atoms. The fourth-order valence-electron chi connectivity index (χ4n) is 2.47. The van der Waals surface area contributed by atoms with Crippen molar-refractivity contribution >= 4 is 0 Å². The first kappa shape index (κ1) is 16.6. The van der Waals surface area contributed by atoms with Crippen molar-refractivity contribution in [1.29, 1.82) is 0 Å². The van der Waals surface area contributed by atoms with E-state index in [2.05, 4.69) is 57.2 Å². The Morgan fingerprint density at radius 1 is 0.818 bits per heavy atom. The summed E-state index contributed by atoms with van der Waals surface area (Å²) in [5, 5.41) is 0. The molecule has 118 valence electrons. The number of ether oxygens (including phenoxy) is 2. The standard InChI is InChI=1S/C20H26O2/c1-5-21-14-15-22-19-12-10-18(11-13-19)20(3,4)17-8-6-16(2)7-9-17/h6-13H,5,14-15H2,1-4H3. The molecule has 0 aromatic heterocycles. The van der Waals surface area contributed by atoms with Gasteiger partial charge < -0.3 is 9.47 Å². The highest BCUT2D eigenvalue weighted by Gasteiger charge is 2.22. The summed E-state index contributed by atoms with van der Waals surface area (Å²) >= 11 is 0. The normalized spacial score (nSPS) is 11.5. The van der Waals surface area contributed by atoms with Gasteiger partial charge in [-0.1, -0.05) is 55.8 Å². The number of hydrogen-bond acceptors (Lipinski definition) is 2. The average Bonchev–Trinajstić information content (AvgIpc) is 2.52. The SMILES string of the molecule is CCOCCOc1ccc(C(C)(C)c2ccc(C)cc2)cc1. The van der Waals surface area contributed by atoms with E-state index in [1.807, 2.05) is 19.1 Å². The molecule has 2 aromatic carbocycles. The minimum absolute atomic E-state index is 0.0163. The van der Waals surface area contributed by atoms with Gasteiger partial charge in [-0.25, -0.2) is 0 Å². The van der Waals surface area contributed by atoms with E-state index in [-0.39, 0.29) is 5.41 Å². The fourth-order valence-corrected chi connectivity index (χ4v) is 2.47. The second kappa shape index (κ2) is 7.46. The highest BCUT2D eigenvalue weighted by atomic mass is 16.5. The molecule has 0 heterocycles. The molecule has 0 unspecified atom stereocenters. The maximum Gasteiger partial charge on any atom is 0.119 e. The van der Waals surface area contributed by atoms with Gasteiger partial charge in [-0.05, 0) is 37.1 Å². The van der Waals surface area contributed by atoms with Crippen LogP contribution in [0.2, 0.25) is 0 Å². The molecule has 22 heavy (non-hydrogen) atoms. The van der Waals surface area contributed by atoms with E-state index in [0.717, 1.165) is 12.4 Å². The van der Waals surface area contributed by atoms with Crippen LogP contribution in [0.3, 0.4) is 0 Å². The summed E-state index contributed by atoms with van der Waals surface area (Å²) in [6.45, 7) is 10.6. The summed E-state index contributed by atoms with van der Waals surface area (Å²) in [6.07, 6.45) is 0. The molecule has 0 saturated carbocycles. The van der Waals surface area contributed by atoms with E-state index in [1.54, 1.807) is 0 Å². The summed E-state index contributed by atoms with van der Waals surface area (Å²) in [7, 11) is 0. The Morgan fingerprint density at radius 3 is 1.91 bits per heavy atom. The minimum Gasteiger partial charge on any atom is -0.491 e. The molecule has 2 aromatic rings. The quantitative estimate of drug-likeness (QED) is 0.688. The fraction of sp³-hybridized carbons (Fsp3) is 0.400. The van der Waals surface area contributed by atoms with Crippen molar-refractivity contribution in [2.75, 3.05) is 19.8 Å². The molecule has 0 aliphatic carbocycles. The maximum atomic E-state index is 5.67. The van der Waals surface area contributed by atoms with Crippen LogP contribution in [0.5, 0.6) is 5.75 Å². The molecular weight excluding hydrogens is 272 g/mol. The molecular formula is C20H26O2. The third-order valence-corrected chi connectivity index (χ3v) is 4.05. The van der Waals surface area contributed by atoms with Gasteiger partial charge in [0, 0.05) is 12.0 Å². The van der Waals surface area contributed by atoms with E-state index in [1.165, 1.54) is 16.7 Å². The Morgan fingerprint density at radius 2 is 1.36 bits per heavy atom. The molecule has 0 atom stereocenters. The molecule has 2 nitrogen and oxygen atoms in total. The predicted molar refractivity (Wildman–Crippen MR) is 91.7 cm³/mol. The lowest BCUT2D eigenvalue weighted by atomic mass is 9.78. The van der Waals surface area contributed by atoms with Gasteiger partial charge in [0.05, 0.1) is 6.61 Å². The van der Waals surface area contributed by atoms with Gasteiger partial charge in [-0.3, -0.25) is 0 Å². The Labute approximate surface area is 134 Å². The Bertz CT molecular complexity index is 568. The molecule has 2 heteroatoms. The van der Waals surface area contributed by atoms with Gasteiger partial charge in [0.25, 0.3) is 0 Å². The van der Waals surface area contributed by atoms with E-state index < -0.39 is 0 Å². The highest BCUT2D eigenvalue weighted by molar-refractivity contribution is 5.40. The third kappa shape index (κ3) is 4.11. The second-order valence-corrected chi connectivity index (χ2v) is 6.06. The van der Waals surface area contributed by atoms with Gasteiger partial charge >= 0.3 is 0 Å². The highest BCUT2D eigenvalue weighted by Crippen LogP contribution is 2.32. The first-order chi connectivity index (χ1) is 10.5. The predicted octanol–water partition coefficient (Wildman–Crippen LogP) is 4.74. The van der Waals surface area contributed by atoms with Crippen LogP contribution in [0.25, 0.3) is 0 Å². The van der Waals surface area contributed by atoms with Crippen LogP contribution >= 0.6 is 0 Å². The molecule has 0 fully saturated rings. The molecule has 0 spiro atoms. The zero-order chi connectivity index (χ0) is 16.0.